The Bertz CT molecular complexity index is 1540. The summed E-state index contributed by atoms with van der Waals surface area (Å²) in [5.74, 6) is -1.71. The van der Waals surface area contributed by atoms with Crippen molar-refractivity contribution in [1.29, 1.82) is 10.5 Å². The molecule has 0 saturated carbocycles. The van der Waals surface area contributed by atoms with Crippen LogP contribution in [-0.2, 0) is 12.8 Å². The van der Waals surface area contributed by atoms with E-state index in [2.05, 4.69) is 29.6 Å². The molecule has 0 atom stereocenters. The van der Waals surface area contributed by atoms with E-state index in [1.807, 2.05) is 12.1 Å². The zero-order chi connectivity index (χ0) is 22.6. The quantitative estimate of drug-likeness (QED) is 0.354. The molecule has 2 aliphatic rings. The van der Waals surface area contributed by atoms with E-state index in [0.717, 1.165) is 12.4 Å². The first-order valence-electron chi connectivity index (χ1n) is 9.07. The number of hydrogen-bond acceptors (Lipinski definition) is 6. The van der Waals surface area contributed by atoms with Crippen LogP contribution in [0.3, 0.4) is 0 Å². The molecule has 0 spiro atoms. The van der Waals surface area contributed by atoms with Crippen LogP contribution in [0.2, 0.25) is 0 Å². The van der Waals surface area contributed by atoms with Gasteiger partial charge in [0.2, 0.25) is 11.9 Å². The van der Waals surface area contributed by atoms with Crippen LogP contribution in [0.15, 0.2) is 12.4 Å². The number of fused-ring (bicyclic) bond motifs is 6. The fourth-order valence-electron chi connectivity index (χ4n) is 4.31. The summed E-state index contributed by atoms with van der Waals surface area (Å²) in [5, 5.41) is 19.7. The van der Waals surface area contributed by atoms with E-state index < -0.39 is 11.9 Å². The van der Waals surface area contributed by atoms with Gasteiger partial charge in [0.25, 0.3) is 11.4 Å². The Balaban J connectivity index is 2.14. The molecule has 2 aliphatic carbocycles. The normalized spacial score (nSPS) is 13.9. The molecular formula is C22H6F2N8. The van der Waals surface area contributed by atoms with Gasteiger partial charge < -0.3 is 0 Å². The van der Waals surface area contributed by atoms with Crippen LogP contribution in [0.1, 0.15) is 22.5 Å². The SMILES string of the molecule is [C-]#[N+]/C(C#N)=c1/c2c(/c(=C(\C#N)[N+]#[C-])c3c1-c1nc(F)cnc1C3)-c1nc(F)cnc1C2. The van der Waals surface area contributed by atoms with Gasteiger partial charge in [-0.25, -0.2) is 30.2 Å². The van der Waals surface area contributed by atoms with Gasteiger partial charge in [0.15, 0.2) is 0 Å². The molecular weight excluding hydrogens is 414 g/mol. The number of halogens is 2. The number of nitrogens with zero attached hydrogens (tertiary/aromatic N) is 8. The average molecular weight is 420 g/mol. The highest BCUT2D eigenvalue weighted by molar-refractivity contribution is 5.90. The molecule has 0 amide bonds. The van der Waals surface area contributed by atoms with Gasteiger partial charge in [-0.1, -0.05) is 0 Å². The minimum atomic E-state index is -0.853. The van der Waals surface area contributed by atoms with Crippen molar-refractivity contribution in [3.63, 3.8) is 0 Å². The Morgan fingerprint density at radius 2 is 1.22 bits per heavy atom. The van der Waals surface area contributed by atoms with Crippen LogP contribution in [0, 0.1) is 47.7 Å². The van der Waals surface area contributed by atoms with Gasteiger partial charge >= 0.3 is 0 Å². The molecule has 1 aromatic carbocycles. The van der Waals surface area contributed by atoms with Gasteiger partial charge in [-0.2, -0.15) is 8.78 Å². The summed E-state index contributed by atoms with van der Waals surface area (Å²) in [4.78, 5) is 22.7. The summed E-state index contributed by atoms with van der Waals surface area (Å²) in [6.07, 6.45) is 2.06. The first kappa shape index (κ1) is 18.9. The Labute approximate surface area is 178 Å². The van der Waals surface area contributed by atoms with Gasteiger partial charge in [-0.15, -0.1) is 0 Å². The molecule has 0 aliphatic heterocycles. The fourth-order valence-corrected chi connectivity index (χ4v) is 4.31. The number of hydrogen-bond donors (Lipinski definition) is 0. The van der Waals surface area contributed by atoms with Crippen LogP contribution in [0.4, 0.5) is 8.78 Å². The Morgan fingerprint density at radius 3 is 1.56 bits per heavy atom. The highest BCUT2D eigenvalue weighted by Gasteiger charge is 2.34. The van der Waals surface area contributed by atoms with Crippen molar-refractivity contribution < 1.29 is 8.78 Å². The largest absolute Gasteiger partial charge is 0.269 e. The van der Waals surface area contributed by atoms with Crippen LogP contribution >= 0.6 is 0 Å². The van der Waals surface area contributed by atoms with E-state index in [-0.39, 0.29) is 57.2 Å². The van der Waals surface area contributed by atoms with Crippen molar-refractivity contribution >= 4 is 11.4 Å². The third kappa shape index (κ3) is 2.41. The van der Waals surface area contributed by atoms with Crippen LogP contribution < -0.4 is 10.4 Å². The number of rotatable bonds is 0. The fraction of sp³-hybridized carbons (Fsp3) is 0.0909. The predicted octanol–water partition coefficient (Wildman–Crippen LogP) is 1.79. The predicted molar refractivity (Wildman–Crippen MR) is 105 cm³/mol. The van der Waals surface area contributed by atoms with Crippen molar-refractivity contribution in [1.82, 2.24) is 19.9 Å². The lowest BCUT2D eigenvalue weighted by Gasteiger charge is -2.12. The van der Waals surface area contributed by atoms with Crippen LogP contribution in [-0.4, -0.2) is 19.9 Å². The minimum Gasteiger partial charge on any atom is -0.254 e. The molecule has 32 heavy (non-hydrogen) atoms. The van der Waals surface area contributed by atoms with E-state index in [1.165, 1.54) is 0 Å². The van der Waals surface area contributed by atoms with E-state index in [0.29, 0.717) is 22.5 Å². The number of aromatic nitrogens is 4. The van der Waals surface area contributed by atoms with E-state index in [4.69, 9.17) is 13.1 Å². The number of benzene rings is 1. The lowest BCUT2D eigenvalue weighted by molar-refractivity contribution is 0.576. The summed E-state index contributed by atoms with van der Waals surface area (Å²) < 4.78 is 28.0. The highest BCUT2D eigenvalue weighted by atomic mass is 19.1. The highest BCUT2D eigenvalue weighted by Crippen LogP contribution is 2.37. The monoisotopic (exact) mass is 420 g/mol. The third-order valence-electron chi connectivity index (χ3n) is 5.42. The lowest BCUT2D eigenvalue weighted by Crippen LogP contribution is -2.26. The molecule has 0 radical (unpaired) electrons. The van der Waals surface area contributed by atoms with Gasteiger partial charge in [0, 0.05) is 34.4 Å². The van der Waals surface area contributed by atoms with Crippen LogP contribution in [0.5, 0.6) is 0 Å². The summed E-state index contributed by atoms with van der Waals surface area (Å²) in [6.45, 7) is 15.0. The molecule has 0 N–H and O–H groups in total. The van der Waals surface area contributed by atoms with Crippen molar-refractivity contribution in [2.24, 2.45) is 0 Å². The van der Waals surface area contributed by atoms with Crippen molar-refractivity contribution in [2.75, 3.05) is 0 Å². The summed E-state index contributed by atoms with van der Waals surface area (Å²) >= 11 is 0. The molecule has 2 aromatic heterocycles. The standard InChI is InChI=1S/C22H6F2N8/c1-27-13(5-25)17-9-3-11-22(32-16(24)8-29-11)20(9)18(14(6-26)28-2)10-4-12-21(19(10)17)31-15(23)7-30-12/h7-8H,3-4H2/b17-13-,18-14+. The third-order valence-corrected chi connectivity index (χ3v) is 5.42. The Hall–Kier alpha value is -5.06. The smallest absolute Gasteiger partial charge is 0.254 e. The molecule has 0 fully saturated rings. The van der Waals surface area contributed by atoms with Gasteiger partial charge in [-0.3, -0.25) is 9.97 Å². The van der Waals surface area contributed by atoms with Gasteiger partial charge in [0.05, 0.1) is 60.5 Å². The molecule has 8 nitrogen and oxygen atoms in total. The Morgan fingerprint density at radius 1 is 0.812 bits per heavy atom. The van der Waals surface area contributed by atoms with E-state index in [1.54, 1.807) is 0 Å². The van der Waals surface area contributed by atoms with E-state index in [9.17, 15) is 19.3 Å². The zero-order valence-electron chi connectivity index (χ0n) is 15.9. The summed E-state index contributed by atoms with van der Waals surface area (Å²) in [7, 11) is 0. The molecule has 5 rings (SSSR count). The minimum absolute atomic E-state index is 0.0864. The molecule has 10 heteroatoms. The van der Waals surface area contributed by atoms with Crippen molar-refractivity contribution in [3.05, 3.63) is 80.1 Å². The number of nitriles is 2. The molecule has 148 valence electrons. The second kappa shape index (κ2) is 6.74. The van der Waals surface area contributed by atoms with Crippen molar-refractivity contribution in [3.8, 4) is 34.7 Å². The van der Waals surface area contributed by atoms with Crippen LogP contribution in [0.25, 0.3) is 43.6 Å². The van der Waals surface area contributed by atoms with Gasteiger partial charge in [-0.05, 0) is 11.1 Å². The summed E-state index contributed by atoms with van der Waals surface area (Å²) in [6, 6.07) is 3.72. The topological polar surface area (TPSA) is 108 Å². The first-order chi connectivity index (χ1) is 15.5. The van der Waals surface area contributed by atoms with Gasteiger partial charge in [0.1, 0.15) is 0 Å². The second-order valence-electron chi connectivity index (χ2n) is 6.93. The average Bonchev–Trinajstić information content (AvgIpc) is 3.34. The first-order valence-corrected chi connectivity index (χ1v) is 9.07. The maximum atomic E-state index is 14.0. The summed E-state index contributed by atoms with van der Waals surface area (Å²) in [5.41, 5.74) is 1.81. The Kier molecular flexibility index (Phi) is 3.99. The molecule has 2 heterocycles. The molecule has 0 saturated heterocycles. The maximum Gasteiger partial charge on any atom is 0.269 e. The molecule has 0 bridgehead atoms. The maximum absolute atomic E-state index is 14.0. The zero-order valence-corrected chi connectivity index (χ0v) is 15.9. The molecule has 3 aromatic rings. The second-order valence-corrected chi connectivity index (χ2v) is 6.93. The molecule has 0 unspecified atom stereocenters. The lowest BCUT2D eigenvalue weighted by atomic mass is 9.92. The van der Waals surface area contributed by atoms with E-state index >= 15 is 0 Å². The van der Waals surface area contributed by atoms with Crippen molar-refractivity contribution in [2.45, 2.75) is 12.8 Å².